The van der Waals surface area contributed by atoms with Gasteiger partial charge in [0.05, 0.1) is 12.3 Å². The Bertz CT molecular complexity index is 439. The number of hydrogen-bond donors (Lipinski definition) is 3. The summed E-state index contributed by atoms with van der Waals surface area (Å²) in [6, 6.07) is 1.02. The minimum Gasteiger partial charge on any atom is -0.506 e. The lowest BCUT2D eigenvalue weighted by Gasteiger charge is -2.30. The van der Waals surface area contributed by atoms with E-state index in [9.17, 15) is 10.2 Å². The first-order valence-electron chi connectivity index (χ1n) is 7.62. The van der Waals surface area contributed by atoms with Crippen LogP contribution in [0.3, 0.4) is 0 Å². The van der Waals surface area contributed by atoms with Crippen molar-refractivity contribution < 1.29 is 10.2 Å². The average Bonchev–Trinajstić information content (AvgIpc) is 2.42. The lowest BCUT2D eigenvalue weighted by Crippen LogP contribution is -2.41. The Kier molecular flexibility index (Phi) is 7.08. The van der Waals surface area contributed by atoms with E-state index in [0.29, 0.717) is 29.9 Å². The summed E-state index contributed by atoms with van der Waals surface area (Å²) in [4.78, 5) is 6.48. The van der Waals surface area contributed by atoms with Gasteiger partial charge in [0, 0.05) is 49.0 Å². The predicted molar refractivity (Wildman–Crippen MR) is 85.2 cm³/mol. The molecule has 0 saturated heterocycles. The zero-order valence-corrected chi connectivity index (χ0v) is 13.8. The molecule has 120 valence electrons. The Morgan fingerprint density at radius 3 is 2.38 bits per heavy atom. The maximum Gasteiger partial charge on any atom is 0.141 e. The molecule has 0 spiro atoms. The lowest BCUT2D eigenvalue weighted by molar-refractivity contribution is 0.175. The summed E-state index contributed by atoms with van der Waals surface area (Å²) in [7, 11) is 0. The molecule has 0 bridgehead atoms. The van der Waals surface area contributed by atoms with Gasteiger partial charge in [-0.05, 0) is 34.6 Å². The molecule has 1 rings (SSSR count). The quantitative estimate of drug-likeness (QED) is 0.638. The van der Waals surface area contributed by atoms with Crippen molar-refractivity contribution in [3.8, 4) is 5.75 Å². The fourth-order valence-electron chi connectivity index (χ4n) is 2.55. The summed E-state index contributed by atoms with van der Waals surface area (Å²) in [6.07, 6.45) is 1.63. The van der Waals surface area contributed by atoms with Crippen LogP contribution in [0, 0.1) is 6.92 Å². The summed E-state index contributed by atoms with van der Waals surface area (Å²) in [6.45, 7) is 12.8. The van der Waals surface area contributed by atoms with E-state index in [1.54, 1.807) is 13.1 Å². The number of aryl methyl sites for hydroxylation is 1. The first kappa shape index (κ1) is 17.9. The van der Waals surface area contributed by atoms with Crippen molar-refractivity contribution in [2.24, 2.45) is 0 Å². The van der Waals surface area contributed by atoms with Crippen LogP contribution in [0.4, 0.5) is 0 Å². The van der Waals surface area contributed by atoms with Crippen LogP contribution in [0.2, 0.25) is 0 Å². The van der Waals surface area contributed by atoms with E-state index in [2.05, 4.69) is 42.9 Å². The first-order valence-corrected chi connectivity index (χ1v) is 7.62. The molecule has 0 radical (unpaired) electrons. The van der Waals surface area contributed by atoms with Crippen LogP contribution < -0.4 is 5.32 Å². The maximum absolute atomic E-state index is 10.1. The molecule has 0 aliphatic heterocycles. The van der Waals surface area contributed by atoms with Crippen molar-refractivity contribution in [2.75, 3.05) is 13.1 Å². The molecule has 0 aromatic carbocycles. The highest BCUT2D eigenvalue weighted by Gasteiger charge is 2.14. The first-order chi connectivity index (χ1) is 9.88. The molecule has 0 atom stereocenters. The SMILES string of the molecule is Cc1ncc(CO)c(CNCCN(C(C)C)C(C)C)c1O. The lowest BCUT2D eigenvalue weighted by atomic mass is 10.1. The van der Waals surface area contributed by atoms with Gasteiger partial charge in [-0.15, -0.1) is 0 Å². The predicted octanol–water partition coefficient (Wildman–Crippen LogP) is 1.80. The monoisotopic (exact) mass is 295 g/mol. The number of aliphatic hydroxyl groups is 1. The molecule has 0 amide bonds. The number of rotatable bonds is 8. The van der Waals surface area contributed by atoms with E-state index in [0.717, 1.165) is 18.7 Å². The second-order valence-corrected chi connectivity index (χ2v) is 5.96. The van der Waals surface area contributed by atoms with Crippen LogP contribution in [-0.4, -0.2) is 45.3 Å². The molecule has 0 aliphatic rings. The van der Waals surface area contributed by atoms with E-state index in [4.69, 9.17) is 0 Å². The zero-order valence-electron chi connectivity index (χ0n) is 13.8. The summed E-state index contributed by atoms with van der Waals surface area (Å²) in [5.41, 5.74) is 2.01. The summed E-state index contributed by atoms with van der Waals surface area (Å²) < 4.78 is 0. The normalized spacial score (nSPS) is 11.9. The fourth-order valence-corrected chi connectivity index (χ4v) is 2.55. The van der Waals surface area contributed by atoms with Crippen LogP contribution in [0.5, 0.6) is 5.75 Å². The largest absolute Gasteiger partial charge is 0.506 e. The van der Waals surface area contributed by atoms with Crippen molar-refractivity contribution in [1.82, 2.24) is 15.2 Å². The van der Waals surface area contributed by atoms with Gasteiger partial charge >= 0.3 is 0 Å². The second-order valence-electron chi connectivity index (χ2n) is 5.96. The standard InChI is InChI=1S/C16H29N3O2/c1-11(2)19(12(3)4)7-6-17-9-15-14(10-20)8-18-13(5)16(15)21/h8,11-12,17,20-21H,6-7,9-10H2,1-5H3. The Morgan fingerprint density at radius 1 is 1.24 bits per heavy atom. The highest BCUT2D eigenvalue weighted by Crippen LogP contribution is 2.23. The van der Waals surface area contributed by atoms with E-state index in [1.165, 1.54) is 0 Å². The van der Waals surface area contributed by atoms with Gasteiger partial charge in [-0.25, -0.2) is 0 Å². The molecular weight excluding hydrogens is 266 g/mol. The Balaban J connectivity index is 2.58. The number of pyridine rings is 1. The molecule has 1 aromatic heterocycles. The molecule has 5 heteroatoms. The van der Waals surface area contributed by atoms with Gasteiger partial charge in [-0.3, -0.25) is 9.88 Å². The molecule has 5 nitrogen and oxygen atoms in total. The Hall–Kier alpha value is -1.17. The van der Waals surface area contributed by atoms with E-state index in [1.807, 2.05) is 0 Å². The second kappa shape index (κ2) is 8.32. The summed E-state index contributed by atoms with van der Waals surface area (Å²) in [5, 5.41) is 22.8. The third-order valence-electron chi connectivity index (χ3n) is 3.78. The van der Waals surface area contributed by atoms with Gasteiger partial charge < -0.3 is 15.5 Å². The van der Waals surface area contributed by atoms with Gasteiger partial charge in [-0.2, -0.15) is 0 Å². The van der Waals surface area contributed by atoms with Crippen molar-refractivity contribution in [3.05, 3.63) is 23.0 Å². The highest BCUT2D eigenvalue weighted by molar-refractivity contribution is 5.40. The van der Waals surface area contributed by atoms with Crippen molar-refractivity contribution in [3.63, 3.8) is 0 Å². The highest BCUT2D eigenvalue weighted by atomic mass is 16.3. The molecule has 0 unspecified atom stereocenters. The van der Waals surface area contributed by atoms with Gasteiger partial charge in [0.1, 0.15) is 5.75 Å². The number of aliphatic hydroxyl groups excluding tert-OH is 1. The van der Waals surface area contributed by atoms with Crippen molar-refractivity contribution in [1.29, 1.82) is 0 Å². The zero-order chi connectivity index (χ0) is 16.0. The molecule has 1 aromatic rings. The van der Waals surface area contributed by atoms with Gasteiger partial charge in [0.25, 0.3) is 0 Å². The van der Waals surface area contributed by atoms with Crippen LogP contribution in [-0.2, 0) is 13.2 Å². The fraction of sp³-hybridized carbons (Fsp3) is 0.688. The third kappa shape index (κ3) is 4.95. The molecule has 3 N–H and O–H groups in total. The van der Waals surface area contributed by atoms with Gasteiger partial charge in [-0.1, -0.05) is 0 Å². The van der Waals surface area contributed by atoms with Crippen molar-refractivity contribution in [2.45, 2.75) is 59.9 Å². The minimum absolute atomic E-state index is 0.109. The minimum atomic E-state index is -0.109. The topological polar surface area (TPSA) is 68.6 Å². The van der Waals surface area contributed by atoms with Crippen LogP contribution >= 0.6 is 0 Å². The van der Waals surface area contributed by atoms with E-state index < -0.39 is 0 Å². The van der Waals surface area contributed by atoms with Crippen LogP contribution in [0.1, 0.15) is 44.5 Å². The molecule has 0 fully saturated rings. The number of nitrogens with one attached hydrogen (secondary N) is 1. The number of aromatic hydroxyl groups is 1. The van der Waals surface area contributed by atoms with Crippen LogP contribution in [0.25, 0.3) is 0 Å². The molecule has 21 heavy (non-hydrogen) atoms. The number of nitrogens with zero attached hydrogens (tertiary/aromatic N) is 2. The van der Waals surface area contributed by atoms with Gasteiger partial charge in [0.2, 0.25) is 0 Å². The third-order valence-corrected chi connectivity index (χ3v) is 3.78. The van der Waals surface area contributed by atoms with Crippen molar-refractivity contribution >= 4 is 0 Å². The average molecular weight is 295 g/mol. The Labute approximate surface area is 128 Å². The van der Waals surface area contributed by atoms with Crippen LogP contribution in [0.15, 0.2) is 6.20 Å². The molecule has 0 aliphatic carbocycles. The number of aromatic nitrogens is 1. The van der Waals surface area contributed by atoms with Gasteiger partial charge in [0.15, 0.2) is 0 Å². The molecule has 1 heterocycles. The summed E-state index contributed by atoms with van der Waals surface area (Å²) in [5.74, 6) is 0.179. The maximum atomic E-state index is 10.1. The number of hydrogen-bond acceptors (Lipinski definition) is 5. The van der Waals surface area contributed by atoms with E-state index in [-0.39, 0.29) is 12.4 Å². The molecular formula is C16H29N3O2. The summed E-state index contributed by atoms with van der Waals surface area (Å²) >= 11 is 0. The van der Waals surface area contributed by atoms with E-state index >= 15 is 0 Å². The smallest absolute Gasteiger partial charge is 0.141 e. The Morgan fingerprint density at radius 2 is 1.86 bits per heavy atom. The molecule has 0 saturated carbocycles.